The topological polar surface area (TPSA) is 38.1 Å². The van der Waals surface area contributed by atoms with Gasteiger partial charge in [-0.05, 0) is 18.5 Å². The molecule has 0 atom stereocenters. The zero-order valence-corrected chi connectivity index (χ0v) is 7.26. The molecule has 0 spiro atoms. The molecule has 0 N–H and O–H groups in total. The Bertz CT molecular complexity index is 285. The van der Waals surface area contributed by atoms with E-state index in [1.165, 1.54) is 6.20 Å². The Balaban J connectivity index is 3.09. The molecule has 0 bridgehead atoms. The zero-order chi connectivity index (χ0) is 8.27. The van der Waals surface area contributed by atoms with Crippen molar-refractivity contribution in [2.45, 2.75) is 6.92 Å². The van der Waals surface area contributed by atoms with Crippen LogP contribution in [0, 0.1) is 0 Å². The third-order valence-corrected chi connectivity index (χ3v) is 1.42. The van der Waals surface area contributed by atoms with Crippen LogP contribution < -0.4 is 0 Å². The number of aromatic nitrogens is 2. The van der Waals surface area contributed by atoms with Crippen LogP contribution in [0.3, 0.4) is 0 Å². The highest BCUT2D eigenvalue weighted by Gasteiger charge is 1.99. The van der Waals surface area contributed by atoms with E-state index in [9.17, 15) is 0 Å². The minimum absolute atomic E-state index is 0.130. The van der Waals surface area contributed by atoms with Crippen LogP contribution in [-0.2, 0) is 0 Å². The second kappa shape index (κ2) is 3.64. The highest BCUT2D eigenvalue weighted by molar-refractivity contribution is 6.33. The first-order valence-electron chi connectivity index (χ1n) is 2.90. The van der Waals surface area contributed by atoms with Crippen LogP contribution in [0.2, 0.25) is 10.4 Å². The number of hydrogen-bond donors (Lipinski definition) is 0. The average Bonchev–Trinajstić information content (AvgIpc) is 1.95. The molecule has 0 saturated carbocycles. The maximum atomic E-state index is 5.66. The first-order valence-corrected chi connectivity index (χ1v) is 3.66. The zero-order valence-electron chi connectivity index (χ0n) is 5.75. The predicted molar refractivity (Wildman–Crippen MR) is 45.9 cm³/mol. The van der Waals surface area contributed by atoms with Crippen molar-refractivity contribution in [2.24, 2.45) is 4.99 Å². The summed E-state index contributed by atoms with van der Waals surface area (Å²) in [6.45, 7) is 1.78. The fourth-order valence-corrected chi connectivity index (χ4v) is 0.915. The standard InChI is InChI=1S/C6H5Cl2N3/c1-2-9-4-3-10-6(8)11-5(4)7/h2-3H,1H3. The minimum atomic E-state index is 0.130. The van der Waals surface area contributed by atoms with Crippen molar-refractivity contribution in [1.82, 2.24) is 9.97 Å². The van der Waals surface area contributed by atoms with Crippen molar-refractivity contribution >= 4 is 35.1 Å². The summed E-state index contributed by atoms with van der Waals surface area (Å²) in [4.78, 5) is 11.3. The van der Waals surface area contributed by atoms with Crippen LogP contribution >= 0.6 is 23.2 Å². The van der Waals surface area contributed by atoms with Gasteiger partial charge >= 0.3 is 0 Å². The van der Waals surface area contributed by atoms with Gasteiger partial charge in [0.2, 0.25) is 5.28 Å². The van der Waals surface area contributed by atoms with Crippen molar-refractivity contribution in [3.63, 3.8) is 0 Å². The summed E-state index contributed by atoms with van der Waals surface area (Å²) < 4.78 is 0. The molecular formula is C6H5Cl2N3. The fourth-order valence-electron chi connectivity index (χ4n) is 0.560. The second-order valence-electron chi connectivity index (χ2n) is 1.70. The van der Waals surface area contributed by atoms with Crippen LogP contribution in [0.25, 0.3) is 0 Å². The van der Waals surface area contributed by atoms with Gasteiger partial charge in [-0.25, -0.2) is 9.97 Å². The maximum absolute atomic E-state index is 5.66. The molecule has 0 unspecified atom stereocenters. The molecule has 1 rings (SSSR count). The van der Waals surface area contributed by atoms with E-state index in [0.717, 1.165) is 0 Å². The van der Waals surface area contributed by atoms with E-state index in [-0.39, 0.29) is 10.4 Å². The molecule has 0 aliphatic rings. The maximum Gasteiger partial charge on any atom is 0.223 e. The third kappa shape index (κ3) is 2.13. The fraction of sp³-hybridized carbons (Fsp3) is 0.167. The summed E-state index contributed by atoms with van der Waals surface area (Å²) in [7, 11) is 0. The van der Waals surface area contributed by atoms with Gasteiger partial charge in [-0.15, -0.1) is 0 Å². The van der Waals surface area contributed by atoms with Gasteiger partial charge in [0.25, 0.3) is 0 Å². The number of halogens is 2. The largest absolute Gasteiger partial charge is 0.257 e. The Morgan fingerprint density at radius 3 is 2.82 bits per heavy atom. The monoisotopic (exact) mass is 189 g/mol. The molecule has 5 heteroatoms. The molecule has 11 heavy (non-hydrogen) atoms. The van der Waals surface area contributed by atoms with Crippen molar-refractivity contribution in [3.05, 3.63) is 16.6 Å². The summed E-state index contributed by atoms with van der Waals surface area (Å²) in [5, 5.41) is 0.396. The SMILES string of the molecule is CC=Nc1cnc(Cl)nc1Cl. The number of nitrogens with zero attached hydrogens (tertiary/aromatic N) is 3. The van der Waals surface area contributed by atoms with Crippen molar-refractivity contribution in [2.75, 3.05) is 0 Å². The Hall–Kier alpha value is -0.670. The molecule has 0 radical (unpaired) electrons. The molecule has 1 heterocycles. The lowest BCUT2D eigenvalue weighted by Crippen LogP contribution is -1.81. The molecule has 58 valence electrons. The average molecular weight is 190 g/mol. The highest BCUT2D eigenvalue weighted by Crippen LogP contribution is 2.21. The molecule has 0 amide bonds. The van der Waals surface area contributed by atoms with E-state index in [0.29, 0.717) is 5.69 Å². The lowest BCUT2D eigenvalue weighted by molar-refractivity contribution is 1.16. The van der Waals surface area contributed by atoms with Gasteiger partial charge < -0.3 is 0 Å². The van der Waals surface area contributed by atoms with E-state index in [1.807, 2.05) is 0 Å². The van der Waals surface area contributed by atoms with Crippen LogP contribution in [0.4, 0.5) is 5.69 Å². The molecule has 0 aromatic carbocycles. The van der Waals surface area contributed by atoms with Crippen LogP contribution in [0.5, 0.6) is 0 Å². The lowest BCUT2D eigenvalue weighted by atomic mass is 10.5. The normalized spacial score (nSPS) is 10.8. The van der Waals surface area contributed by atoms with Gasteiger partial charge in [0.1, 0.15) is 5.69 Å². The summed E-state index contributed by atoms with van der Waals surface area (Å²) in [5.41, 5.74) is 0.526. The quantitative estimate of drug-likeness (QED) is 0.387. The van der Waals surface area contributed by atoms with E-state index in [1.54, 1.807) is 13.1 Å². The van der Waals surface area contributed by atoms with E-state index < -0.39 is 0 Å². The van der Waals surface area contributed by atoms with Crippen LogP contribution in [-0.4, -0.2) is 16.2 Å². The van der Waals surface area contributed by atoms with E-state index in [2.05, 4.69) is 15.0 Å². The van der Waals surface area contributed by atoms with Gasteiger partial charge in [-0.3, -0.25) is 4.99 Å². The molecule has 1 aromatic rings. The van der Waals surface area contributed by atoms with Gasteiger partial charge in [0, 0.05) is 6.21 Å². The van der Waals surface area contributed by atoms with Crippen LogP contribution in [0.1, 0.15) is 6.92 Å². The Labute approximate surface area is 74.1 Å². The summed E-state index contributed by atoms with van der Waals surface area (Å²) in [6, 6.07) is 0. The molecule has 0 aliphatic heterocycles. The van der Waals surface area contributed by atoms with Gasteiger partial charge in [-0.2, -0.15) is 0 Å². The number of aliphatic imine (C=N–C) groups is 1. The Morgan fingerprint density at radius 1 is 1.55 bits per heavy atom. The van der Waals surface area contributed by atoms with E-state index in [4.69, 9.17) is 23.2 Å². The number of hydrogen-bond acceptors (Lipinski definition) is 3. The molecule has 0 fully saturated rings. The van der Waals surface area contributed by atoms with Crippen molar-refractivity contribution in [3.8, 4) is 0 Å². The molecule has 0 saturated heterocycles. The molecule has 0 aliphatic carbocycles. The first-order chi connectivity index (χ1) is 5.24. The van der Waals surface area contributed by atoms with Gasteiger partial charge in [0.15, 0.2) is 5.15 Å². The van der Waals surface area contributed by atoms with Crippen molar-refractivity contribution < 1.29 is 0 Å². The summed E-state index contributed by atoms with van der Waals surface area (Å²) >= 11 is 11.1. The Morgan fingerprint density at radius 2 is 2.27 bits per heavy atom. The lowest BCUT2D eigenvalue weighted by Gasteiger charge is -1.94. The molecule has 1 aromatic heterocycles. The smallest absolute Gasteiger partial charge is 0.223 e. The van der Waals surface area contributed by atoms with Crippen molar-refractivity contribution in [1.29, 1.82) is 0 Å². The number of rotatable bonds is 1. The summed E-state index contributed by atoms with van der Waals surface area (Å²) in [6.07, 6.45) is 3.08. The van der Waals surface area contributed by atoms with Crippen LogP contribution in [0.15, 0.2) is 11.2 Å². The Kier molecular flexibility index (Phi) is 2.79. The van der Waals surface area contributed by atoms with Gasteiger partial charge in [0.05, 0.1) is 6.20 Å². The van der Waals surface area contributed by atoms with Gasteiger partial charge in [-0.1, -0.05) is 11.6 Å². The second-order valence-corrected chi connectivity index (χ2v) is 2.40. The van der Waals surface area contributed by atoms with E-state index >= 15 is 0 Å². The molecular weight excluding hydrogens is 185 g/mol. The predicted octanol–water partition coefficient (Wildman–Crippen LogP) is 2.51. The minimum Gasteiger partial charge on any atom is -0.257 e. The first kappa shape index (κ1) is 8.43. The third-order valence-electron chi connectivity index (χ3n) is 0.963. The summed E-state index contributed by atoms with van der Waals surface area (Å²) in [5.74, 6) is 0. The molecule has 3 nitrogen and oxygen atoms in total. The highest BCUT2D eigenvalue weighted by atomic mass is 35.5.